The monoisotopic (exact) mass is 610 g/mol. The Morgan fingerprint density at radius 2 is 1.20 bits per heavy atom. The highest BCUT2D eigenvalue weighted by Gasteiger charge is 2.33. The second kappa shape index (κ2) is 18.4. The van der Waals surface area contributed by atoms with Crippen molar-refractivity contribution in [2.75, 3.05) is 18.1 Å². The number of hydrogen-bond acceptors (Lipinski definition) is 9. The Hall–Kier alpha value is -3.10. The first-order valence-electron chi connectivity index (χ1n) is 13.3. The van der Waals surface area contributed by atoms with Crippen molar-refractivity contribution >= 4 is 61.1 Å². The van der Waals surface area contributed by atoms with Crippen molar-refractivity contribution in [1.82, 2.24) is 26.6 Å². The molecule has 0 saturated carbocycles. The van der Waals surface area contributed by atoms with E-state index in [0.29, 0.717) is 6.29 Å². The zero-order valence-corrected chi connectivity index (χ0v) is 25.5. The number of amides is 5. The summed E-state index contributed by atoms with van der Waals surface area (Å²) in [4.78, 5) is 74.7. The van der Waals surface area contributed by atoms with Crippen LogP contribution in [0.5, 0.6) is 0 Å². The molecule has 0 aliphatic rings. The lowest BCUT2D eigenvalue weighted by molar-refractivity contribution is -0.135. The van der Waals surface area contributed by atoms with Crippen molar-refractivity contribution in [2.24, 2.45) is 17.6 Å². The first-order chi connectivity index (χ1) is 19.4. The summed E-state index contributed by atoms with van der Waals surface area (Å²) in [6.45, 7) is 6.64. The quantitative estimate of drug-likeness (QED) is 0.0819. The number of benzene rings is 1. The fourth-order valence-corrected chi connectivity index (χ4v) is 4.23. The number of thiol groups is 2. The van der Waals surface area contributed by atoms with Gasteiger partial charge in [0.05, 0.1) is 12.6 Å². The lowest BCUT2D eigenvalue weighted by Gasteiger charge is -2.28. The van der Waals surface area contributed by atoms with Crippen LogP contribution in [0.2, 0.25) is 0 Å². The van der Waals surface area contributed by atoms with Gasteiger partial charge in [-0.1, -0.05) is 58.0 Å². The van der Waals surface area contributed by atoms with Crippen molar-refractivity contribution in [3.63, 3.8) is 0 Å². The van der Waals surface area contributed by atoms with Crippen LogP contribution in [-0.2, 0) is 35.2 Å². The van der Waals surface area contributed by atoms with Crippen LogP contribution >= 0.6 is 25.3 Å². The van der Waals surface area contributed by atoms with E-state index in [1.54, 1.807) is 27.7 Å². The summed E-state index contributed by atoms with van der Waals surface area (Å²) in [5.74, 6) is -3.88. The van der Waals surface area contributed by atoms with Gasteiger partial charge in [-0.2, -0.15) is 25.3 Å². The van der Waals surface area contributed by atoms with Gasteiger partial charge in [0, 0.05) is 11.5 Å². The summed E-state index contributed by atoms with van der Waals surface area (Å²) in [7, 11) is 0. The van der Waals surface area contributed by atoms with Crippen molar-refractivity contribution in [1.29, 1.82) is 0 Å². The molecule has 228 valence electrons. The topological polar surface area (TPSA) is 189 Å². The average Bonchev–Trinajstić information content (AvgIpc) is 2.94. The molecule has 0 radical (unpaired) electrons. The Balaban J connectivity index is 2.86. The van der Waals surface area contributed by atoms with E-state index in [2.05, 4.69) is 51.8 Å². The molecule has 0 heterocycles. The average molecular weight is 611 g/mol. The van der Waals surface area contributed by atoms with Crippen LogP contribution in [0, 0.1) is 11.8 Å². The number of nitrogens with one attached hydrogen (secondary N) is 5. The number of rotatable bonds is 17. The standard InChI is InChI=1S/C27H42N6O6S2/c1-15(2)21(26(38)29-10-11-34)32-25(37)20(14-41)31-27(39)22(16(3)4)33-24(36)19(13-40)30-23(35)18(28)12-17-8-6-5-7-9-17/h5-9,11,15-16,18-22,40-41H,10,12-14,28H2,1-4H3,(H,29,38)(H,30,35)(H,31,39)(H,32,37)(H,33,36)/t18-,19-,20-,21-,22-/m0/s1. The van der Waals surface area contributed by atoms with E-state index in [1.807, 2.05) is 30.3 Å². The maximum atomic E-state index is 13.1. The summed E-state index contributed by atoms with van der Waals surface area (Å²) < 4.78 is 0. The molecule has 7 N–H and O–H groups in total. The van der Waals surface area contributed by atoms with Gasteiger partial charge < -0.3 is 37.1 Å². The normalized spacial score (nSPS) is 14.7. The van der Waals surface area contributed by atoms with Crippen LogP contribution in [0.1, 0.15) is 33.3 Å². The molecule has 5 atom stereocenters. The Labute approximate surface area is 251 Å². The molecule has 1 rings (SSSR count). The Kier molecular flexibility index (Phi) is 16.1. The predicted molar refractivity (Wildman–Crippen MR) is 162 cm³/mol. The minimum atomic E-state index is -1.12. The van der Waals surface area contributed by atoms with Crippen LogP contribution in [0.3, 0.4) is 0 Å². The van der Waals surface area contributed by atoms with E-state index in [4.69, 9.17) is 5.73 Å². The van der Waals surface area contributed by atoms with Crippen molar-refractivity contribution in [3.05, 3.63) is 35.9 Å². The molecule has 0 aromatic heterocycles. The second-order valence-corrected chi connectivity index (χ2v) is 10.9. The Bertz CT molecular complexity index is 1040. The molecule has 0 unspecified atom stereocenters. The van der Waals surface area contributed by atoms with Gasteiger partial charge in [0.25, 0.3) is 0 Å². The van der Waals surface area contributed by atoms with Crippen LogP contribution in [0.15, 0.2) is 30.3 Å². The Morgan fingerprint density at radius 3 is 1.63 bits per heavy atom. The highest BCUT2D eigenvalue weighted by Crippen LogP contribution is 2.07. The minimum Gasteiger partial charge on any atom is -0.348 e. The molecule has 1 aromatic rings. The van der Waals surface area contributed by atoms with Crippen molar-refractivity contribution in [3.8, 4) is 0 Å². The SMILES string of the molecule is CC(C)[C@H](NC(=O)[C@H](CS)NC(=O)[C@@H](NC(=O)[C@H](CS)NC(=O)[C@@H](N)Cc1ccccc1)C(C)C)C(=O)NCC=O. The molecule has 0 bridgehead atoms. The highest BCUT2D eigenvalue weighted by molar-refractivity contribution is 7.80. The molecule has 0 spiro atoms. The molecule has 0 saturated heterocycles. The number of aldehydes is 1. The van der Waals surface area contributed by atoms with E-state index in [-0.39, 0.29) is 30.4 Å². The predicted octanol–water partition coefficient (Wildman–Crippen LogP) is -1.02. The molecule has 0 aliphatic heterocycles. The molecule has 1 aromatic carbocycles. The molecule has 41 heavy (non-hydrogen) atoms. The fraction of sp³-hybridized carbons (Fsp3) is 0.556. The van der Waals surface area contributed by atoms with Gasteiger partial charge in [0.15, 0.2) is 0 Å². The fourth-order valence-electron chi connectivity index (χ4n) is 3.72. The van der Waals surface area contributed by atoms with E-state index in [0.717, 1.165) is 5.56 Å². The third-order valence-corrected chi connectivity index (χ3v) is 6.85. The number of nitrogens with two attached hydrogens (primary N) is 1. The third-order valence-electron chi connectivity index (χ3n) is 6.12. The first-order valence-corrected chi connectivity index (χ1v) is 14.6. The lowest BCUT2D eigenvalue weighted by Crippen LogP contribution is -2.61. The van der Waals surface area contributed by atoms with E-state index < -0.39 is 65.7 Å². The van der Waals surface area contributed by atoms with E-state index in [9.17, 15) is 28.8 Å². The molecular formula is C27H42N6O6S2. The molecular weight excluding hydrogens is 568 g/mol. The van der Waals surface area contributed by atoms with E-state index >= 15 is 0 Å². The van der Waals surface area contributed by atoms with Gasteiger partial charge in [-0.25, -0.2) is 0 Å². The highest BCUT2D eigenvalue weighted by atomic mass is 32.1. The maximum absolute atomic E-state index is 13.1. The summed E-state index contributed by atoms with van der Waals surface area (Å²) >= 11 is 8.34. The van der Waals surface area contributed by atoms with Crippen molar-refractivity contribution in [2.45, 2.75) is 64.3 Å². The lowest BCUT2D eigenvalue weighted by atomic mass is 10.0. The van der Waals surface area contributed by atoms with Gasteiger partial charge in [-0.15, -0.1) is 0 Å². The van der Waals surface area contributed by atoms with Crippen LogP contribution in [-0.4, -0.2) is 84.1 Å². The molecule has 0 fully saturated rings. The first kappa shape index (κ1) is 35.9. The van der Waals surface area contributed by atoms with Crippen LogP contribution in [0.25, 0.3) is 0 Å². The molecule has 12 nitrogen and oxygen atoms in total. The minimum absolute atomic E-state index is 0.0491. The largest absolute Gasteiger partial charge is 0.348 e. The number of hydrogen-bond donors (Lipinski definition) is 8. The molecule has 0 aliphatic carbocycles. The van der Waals surface area contributed by atoms with Crippen LogP contribution < -0.4 is 32.3 Å². The summed E-state index contributed by atoms with van der Waals surface area (Å²) in [5.41, 5.74) is 6.89. The summed E-state index contributed by atoms with van der Waals surface area (Å²) in [6, 6.07) is 4.08. The molecule has 5 amide bonds. The Morgan fingerprint density at radius 1 is 0.732 bits per heavy atom. The third kappa shape index (κ3) is 12.1. The van der Waals surface area contributed by atoms with Gasteiger partial charge in [0.1, 0.15) is 30.5 Å². The smallest absolute Gasteiger partial charge is 0.244 e. The zero-order chi connectivity index (χ0) is 31.1. The van der Waals surface area contributed by atoms with Gasteiger partial charge in [-0.3, -0.25) is 24.0 Å². The number of carbonyl (C=O) groups is 6. The van der Waals surface area contributed by atoms with Gasteiger partial charge in [-0.05, 0) is 23.8 Å². The van der Waals surface area contributed by atoms with E-state index in [1.165, 1.54) is 0 Å². The second-order valence-electron chi connectivity index (χ2n) is 10.2. The summed E-state index contributed by atoms with van der Waals surface area (Å²) in [5, 5.41) is 12.7. The summed E-state index contributed by atoms with van der Waals surface area (Å²) in [6.07, 6.45) is 0.797. The van der Waals surface area contributed by atoms with Crippen LogP contribution in [0.4, 0.5) is 0 Å². The number of carbonyl (C=O) groups excluding carboxylic acids is 6. The maximum Gasteiger partial charge on any atom is 0.244 e. The van der Waals surface area contributed by atoms with Crippen molar-refractivity contribution < 1.29 is 28.8 Å². The molecule has 14 heteroatoms. The van der Waals surface area contributed by atoms with Gasteiger partial charge >= 0.3 is 0 Å². The zero-order valence-electron chi connectivity index (χ0n) is 23.8. The van der Waals surface area contributed by atoms with Gasteiger partial charge in [0.2, 0.25) is 29.5 Å².